The molecule has 16 rings (SSSR count). The Balaban J connectivity index is 0.922. The van der Waals surface area contributed by atoms with E-state index in [9.17, 15) is 0 Å². The predicted molar refractivity (Wildman–Crippen MR) is 310 cm³/mol. The maximum absolute atomic E-state index is 5.48. The lowest BCUT2D eigenvalue weighted by molar-refractivity contribution is 0.954. The number of rotatable bonds is 5. The van der Waals surface area contributed by atoms with Gasteiger partial charge in [-0.1, -0.05) is 188 Å². The summed E-state index contributed by atoms with van der Waals surface area (Å²) in [5.74, 6) is 1.78. The summed E-state index contributed by atoms with van der Waals surface area (Å²) < 4.78 is 4.60. The van der Waals surface area contributed by atoms with E-state index >= 15 is 0 Å². The normalized spacial score (nSPS) is 12.1. The Labute approximate surface area is 424 Å². The Bertz CT molecular complexity index is 4780. The summed E-state index contributed by atoms with van der Waals surface area (Å²) in [6.07, 6.45) is 0. The minimum Gasteiger partial charge on any atom is -0.309 e. The highest BCUT2D eigenvalue weighted by atomic mass is 15.2. The maximum atomic E-state index is 5.48. The van der Waals surface area contributed by atoms with E-state index in [1.807, 2.05) is 0 Å². The molecule has 0 N–H and O–H groups in total. The summed E-state index contributed by atoms with van der Waals surface area (Å²) in [7, 11) is 0. The van der Waals surface area contributed by atoms with Crippen LogP contribution in [0.1, 0.15) is 0 Å². The van der Waals surface area contributed by atoms with Crippen molar-refractivity contribution in [1.82, 2.24) is 24.1 Å². The van der Waals surface area contributed by atoms with Crippen LogP contribution in [0.25, 0.3) is 154 Å². The molecule has 342 valence electrons. The second-order valence-electron chi connectivity index (χ2n) is 19.5. The minimum absolute atomic E-state index is 0.561. The van der Waals surface area contributed by atoms with Crippen LogP contribution >= 0.6 is 0 Å². The van der Waals surface area contributed by atoms with Gasteiger partial charge < -0.3 is 4.57 Å². The molecule has 13 aromatic carbocycles. The molecule has 5 nitrogen and oxygen atoms in total. The van der Waals surface area contributed by atoms with Gasteiger partial charge in [0.05, 0.1) is 22.1 Å². The van der Waals surface area contributed by atoms with E-state index in [1.54, 1.807) is 0 Å². The zero-order chi connectivity index (χ0) is 48.4. The first kappa shape index (κ1) is 40.7. The van der Waals surface area contributed by atoms with Gasteiger partial charge in [0.2, 0.25) is 5.95 Å². The zero-order valence-corrected chi connectivity index (χ0v) is 39.9. The van der Waals surface area contributed by atoms with Crippen LogP contribution in [-0.4, -0.2) is 24.1 Å². The maximum Gasteiger partial charge on any atom is 0.238 e. The number of hydrogen-bond acceptors (Lipinski definition) is 3. The molecule has 74 heavy (non-hydrogen) atoms. The first-order valence-electron chi connectivity index (χ1n) is 25.3. The van der Waals surface area contributed by atoms with Crippen LogP contribution in [-0.2, 0) is 0 Å². The predicted octanol–water partition coefficient (Wildman–Crippen LogP) is 18.0. The SMILES string of the molecule is c1ccc(-n2c3ccccc3c3cc(-c4ccc5c(c4)c4ccccc4n5-c4nc(-c5ccc6c7ccccc7c7ccccc7c6c5)nc(-c5ccc6c7ccccc7c7ccccc7c6c5)n4)ccc32)cc1. The van der Waals surface area contributed by atoms with Crippen molar-refractivity contribution in [2.24, 2.45) is 0 Å². The van der Waals surface area contributed by atoms with Gasteiger partial charge in [-0.05, 0) is 136 Å². The van der Waals surface area contributed by atoms with Crippen LogP contribution in [0.5, 0.6) is 0 Å². The van der Waals surface area contributed by atoms with Crippen LogP contribution in [0.2, 0.25) is 0 Å². The van der Waals surface area contributed by atoms with E-state index in [1.165, 1.54) is 75.7 Å². The monoisotopic (exact) mass is 939 g/mol. The highest BCUT2D eigenvalue weighted by molar-refractivity contribution is 6.27. The van der Waals surface area contributed by atoms with Crippen LogP contribution in [0.4, 0.5) is 0 Å². The van der Waals surface area contributed by atoms with Crippen molar-refractivity contribution in [3.63, 3.8) is 0 Å². The van der Waals surface area contributed by atoms with Gasteiger partial charge >= 0.3 is 0 Å². The third-order valence-electron chi connectivity index (χ3n) is 15.5. The van der Waals surface area contributed by atoms with E-state index in [4.69, 9.17) is 15.0 Å². The second kappa shape index (κ2) is 15.8. The second-order valence-corrected chi connectivity index (χ2v) is 19.5. The summed E-state index contributed by atoms with van der Waals surface area (Å²) in [5.41, 5.74) is 9.71. The molecule has 3 heterocycles. The number of aromatic nitrogens is 5. The molecule has 0 unspecified atom stereocenters. The largest absolute Gasteiger partial charge is 0.309 e. The van der Waals surface area contributed by atoms with Gasteiger partial charge in [0.1, 0.15) is 0 Å². The fourth-order valence-corrected chi connectivity index (χ4v) is 12.2. The zero-order valence-electron chi connectivity index (χ0n) is 39.9. The van der Waals surface area contributed by atoms with E-state index in [2.05, 4.69) is 258 Å². The standard InChI is InChI=1S/C69H41N5/c1-2-16-46(17-3-1)73-63-28-14-12-26-57(63)61-38-42(32-36-65(61)73)43-33-37-66-62(39-43)58-27-13-15-29-64(58)74(66)69-71-67(44-30-34-55-51-22-6-4-18-47(51)49-20-8-10-24-53(49)59(55)40-44)70-68(72-69)45-31-35-56-52-23-7-5-19-48(52)50-21-9-11-25-54(50)60(56)41-45/h1-41H. The average Bonchev–Trinajstić information content (AvgIpc) is 4.02. The highest BCUT2D eigenvalue weighted by Crippen LogP contribution is 2.42. The molecule has 0 aliphatic heterocycles. The van der Waals surface area contributed by atoms with Crippen LogP contribution in [0.15, 0.2) is 249 Å². The molecule has 0 atom stereocenters. The van der Waals surface area contributed by atoms with Crippen molar-refractivity contribution < 1.29 is 0 Å². The highest BCUT2D eigenvalue weighted by Gasteiger charge is 2.21. The molecule has 0 saturated carbocycles. The third kappa shape index (κ3) is 6.01. The topological polar surface area (TPSA) is 48.5 Å². The van der Waals surface area contributed by atoms with Crippen molar-refractivity contribution >= 4 is 108 Å². The van der Waals surface area contributed by atoms with E-state index in [0.717, 1.165) is 60.5 Å². The molecule has 0 aliphatic rings. The van der Waals surface area contributed by atoms with Gasteiger partial charge in [0, 0.05) is 38.4 Å². The molecular weight excluding hydrogens is 899 g/mol. The molecule has 0 radical (unpaired) electrons. The minimum atomic E-state index is 0.561. The van der Waals surface area contributed by atoms with E-state index in [0.29, 0.717) is 17.6 Å². The molecule has 0 amide bonds. The van der Waals surface area contributed by atoms with Gasteiger partial charge in [-0.2, -0.15) is 9.97 Å². The van der Waals surface area contributed by atoms with E-state index in [-0.39, 0.29) is 0 Å². The summed E-state index contributed by atoms with van der Waals surface area (Å²) in [5, 5.41) is 19.2. The van der Waals surface area contributed by atoms with Crippen LogP contribution in [0.3, 0.4) is 0 Å². The van der Waals surface area contributed by atoms with Crippen molar-refractivity contribution in [3.8, 4) is 45.5 Å². The summed E-state index contributed by atoms with van der Waals surface area (Å²) in [4.78, 5) is 16.4. The molecule has 16 aromatic rings. The molecular formula is C69H41N5. The molecule has 0 bridgehead atoms. The number of para-hydroxylation sites is 3. The van der Waals surface area contributed by atoms with Crippen molar-refractivity contribution in [2.75, 3.05) is 0 Å². The van der Waals surface area contributed by atoms with Gasteiger partial charge in [-0.15, -0.1) is 0 Å². The molecule has 0 aliphatic carbocycles. The van der Waals surface area contributed by atoms with Gasteiger partial charge in [-0.3, -0.25) is 4.57 Å². The Morgan fingerprint density at radius 2 is 0.514 bits per heavy atom. The summed E-state index contributed by atoms with van der Waals surface area (Å²) in [6, 6.07) is 90.0. The lowest BCUT2D eigenvalue weighted by Crippen LogP contribution is -2.06. The van der Waals surface area contributed by atoms with E-state index < -0.39 is 0 Å². The van der Waals surface area contributed by atoms with Gasteiger partial charge in [-0.25, -0.2) is 4.98 Å². The van der Waals surface area contributed by atoms with Crippen molar-refractivity contribution in [2.45, 2.75) is 0 Å². The number of nitrogens with zero attached hydrogens (tertiary/aromatic N) is 5. The number of fused-ring (bicyclic) bond motifs is 18. The van der Waals surface area contributed by atoms with Crippen LogP contribution in [0, 0.1) is 0 Å². The Hall–Kier alpha value is -9.97. The molecule has 5 heteroatoms. The lowest BCUT2D eigenvalue weighted by Gasteiger charge is -2.14. The first-order valence-corrected chi connectivity index (χ1v) is 25.3. The summed E-state index contributed by atoms with van der Waals surface area (Å²) >= 11 is 0. The molecule has 0 fully saturated rings. The van der Waals surface area contributed by atoms with Crippen molar-refractivity contribution in [1.29, 1.82) is 0 Å². The van der Waals surface area contributed by atoms with Gasteiger partial charge in [0.25, 0.3) is 0 Å². The van der Waals surface area contributed by atoms with Crippen LogP contribution < -0.4 is 0 Å². The smallest absolute Gasteiger partial charge is 0.238 e. The average molecular weight is 940 g/mol. The Morgan fingerprint density at radius 3 is 0.959 bits per heavy atom. The fourth-order valence-electron chi connectivity index (χ4n) is 12.2. The van der Waals surface area contributed by atoms with Crippen molar-refractivity contribution in [3.05, 3.63) is 249 Å². The summed E-state index contributed by atoms with van der Waals surface area (Å²) in [6.45, 7) is 0. The molecule has 0 saturated heterocycles. The number of benzene rings is 13. The van der Waals surface area contributed by atoms with Gasteiger partial charge in [0.15, 0.2) is 11.6 Å². The molecule has 3 aromatic heterocycles. The molecule has 0 spiro atoms. The Morgan fingerprint density at radius 1 is 0.203 bits per heavy atom. The quantitative estimate of drug-likeness (QED) is 0.162. The fraction of sp³-hybridized carbons (Fsp3) is 0. The number of hydrogen-bond donors (Lipinski definition) is 0. The Kier molecular flexibility index (Phi) is 8.68. The lowest BCUT2D eigenvalue weighted by atomic mass is 9.93. The third-order valence-corrected chi connectivity index (χ3v) is 15.5. The first-order chi connectivity index (χ1) is 36.7.